The molecule has 110 valence electrons. The molecule has 2 heteroatoms. The van der Waals surface area contributed by atoms with Gasteiger partial charge in [0.15, 0.2) is 0 Å². The number of benzene rings is 2. The lowest BCUT2D eigenvalue weighted by Crippen LogP contribution is -2.18. The van der Waals surface area contributed by atoms with Crippen molar-refractivity contribution in [3.63, 3.8) is 0 Å². The van der Waals surface area contributed by atoms with Crippen LogP contribution in [0.4, 0.5) is 0 Å². The third-order valence-electron chi connectivity index (χ3n) is 4.17. The van der Waals surface area contributed by atoms with Crippen LogP contribution >= 0.6 is 0 Å². The topological polar surface area (TPSA) is 21.3 Å². The van der Waals surface area contributed by atoms with Crippen molar-refractivity contribution in [2.75, 3.05) is 19.7 Å². The van der Waals surface area contributed by atoms with Crippen molar-refractivity contribution in [2.45, 2.75) is 25.7 Å². The number of ether oxygens (including phenoxy) is 1. The lowest BCUT2D eigenvalue weighted by atomic mass is 9.95. The monoisotopic (exact) mass is 281 g/mol. The second-order valence-corrected chi connectivity index (χ2v) is 5.80. The molecule has 0 aliphatic carbocycles. The Kier molecular flexibility index (Phi) is 4.56. The van der Waals surface area contributed by atoms with Crippen molar-refractivity contribution in [3.05, 3.63) is 65.2 Å². The first-order chi connectivity index (χ1) is 10.3. The van der Waals surface area contributed by atoms with Gasteiger partial charge in [-0.15, -0.1) is 0 Å². The highest BCUT2D eigenvalue weighted by Crippen LogP contribution is 2.26. The van der Waals surface area contributed by atoms with E-state index in [-0.39, 0.29) is 0 Å². The fourth-order valence-corrected chi connectivity index (χ4v) is 2.95. The molecule has 1 atom stereocenters. The fraction of sp³-hybridized carbons (Fsp3) is 0.368. The molecule has 2 aromatic rings. The standard InChI is InChI=1S/C19H23NO/c1-15-14-20-11-9-17-13-18(7-8-19(15)17)21-12-10-16-5-3-2-4-6-16/h2-8,13,15,20H,9-12,14H2,1H3/t15-/m1/s1. The zero-order valence-corrected chi connectivity index (χ0v) is 12.6. The maximum Gasteiger partial charge on any atom is 0.119 e. The minimum atomic E-state index is 0.584. The molecule has 1 aliphatic rings. The highest BCUT2D eigenvalue weighted by atomic mass is 16.5. The summed E-state index contributed by atoms with van der Waals surface area (Å²) in [5.74, 6) is 1.58. The van der Waals surface area contributed by atoms with Crippen LogP contribution in [0.2, 0.25) is 0 Å². The van der Waals surface area contributed by atoms with Gasteiger partial charge in [0.1, 0.15) is 5.75 Å². The van der Waals surface area contributed by atoms with Gasteiger partial charge in [-0.1, -0.05) is 43.3 Å². The molecule has 0 aromatic heterocycles. The molecular weight excluding hydrogens is 258 g/mol. The van der Waals surface area contributed by atoms with Crippen molar-refractivity contribution < 1.29 is 4.74 Å². The van der Waals surface area contributed by atoms with E-state index in [0.29, 0.717) is 5.92 Å². The van der Waals surface area contributed by atoms with E-state index in [9.17, 15) is 0 Å². The first kappa shape index (κ1) is 14.2. The minimum Gasteiger partial charge on any atom is -0.493 e. The number of rotatable bonds is 4. The second-order valence-electron chi connectivity index (χ2n) is 5.80. The van der Waals surface area contributed by atoms with Crippen molar-refractivity contribution in [3.8, 4) is 5.75 Å². The molecule has 0 spiro atoms. The summed E-state index contributed by atoms with van der Waals surface area (Å²) in [5, 5.41) is 3.49. The van der Waals surface area contributed by atoms with Gasteiger partial charge in [-0.2, -0.15) is 0 Å². The summed E-state index contributed by atoms with van der Waals surface area (Å²) in [6.07, 6.45) is 2.05. The number of fused-ring (bicyclic) bond motifs is 1. The van der Waals surface area contributed by atoms with Crippen LogP contribution in [0.1, 0.15) is 29.5 Å². The molecule has 21 heavy (non-hydrogen) atoms. The fourth-order valence-electron chi connectivity index (χ4n) is 2.95. The highest BCUT2D eigenvalue weighted by Gasteiger charge is 2.14. The van der Waals surface area contributed by atoms with Gasteiger partial charge in [-0.05, 0) is 47.7 Å². The molecule has 0 fully saturated rings. The molecule has 2 aromatic carbocycles. The van der Waals surface area contributed by atoms with Gasteiger partial charge >= 0.3 is 0 Å². The van der Waals surface area contributed by atoms with Crippen LogP contribution < -0.4 is 10.1 Å². The molecule has 0 bridgehead atoms. The quantitative estimate of drug-likeness (QED) is 0.925. The third kappa shape index (κ3) is 3.64. The second kappa shape index (κ2) is 6.77. The summed E-state index contributed by atoms with van der Waals surface area (Å²) in [7, 11) is 0. The Morgan fingerprint density at radius 2 is 2.00 bits per heavy atom. The van der Waals surface area contributed by atoms with E-state index in [1.807, 2.05) is 6.07 Å². The summed E-state index contributed by atoms with van der Waals surface area (Å²) in [4.78, 5) is 0. The van der Waals surface area contributed by atoms with Crippen LogP contribution in [0.25, 0.3) is 0 Å². The zero-order valence-electron chi connectivity index (χ0n) is 12.6. The first-order valence-corrected chi connectivity index (χ1v) is 7.83. The van der Waals surface area contributed by atoms with E-state index in [4.69, 9.17) is 4.74 Å². The van der Waals surface area contributed by atoms with Crippen molar-refractivity contribution >= 4 is 0 Å². The van der Waals surface area contributed by atoms with Gasteiger partial charge in [-0.25, -0.2) is 0 Å². The molecule has 0 unspecified atom stereocenters. The lowest BCUT2D eigenvalue weighted by molar-refractivity contribution is 0.321. The molecule has 0 radical (unpaired) electrons. The summed E-state index contributed by atoms with van der Waals surface area (Å²) >= 11 is 0. The molecule has 2 nitrogen and oxygen atoms in total. The van der Waals surface area contributed by atoms with Gasteiger partial charge in [0.25, 0.3) is 0 Å². The maximum atomic E-state index is 5.93. The van der Waals surface area contributed by atoms with Crippen molar-refractivity contribution in [1.29, 1.82) is 0 Å². The van der Waals surface area contributed by atoms with Gasteiger partial charge in [0, 0.05) is 13.0 Å². The Hall–Kier alpha value is -1.80. The van der Waals surface area contributed by atoms with Crippen LogP contribution in [0.3, 0.4) is 0 Å². The zero-order chi connectivity index (χ0) is 14.5. The van der Waals surface area contributed by atoms with Crippen molar-refractivity contribution in [1.82, 2.24) is 5.32 Å². The molecule has 0 saturated carbocycles. The lowest BCUT2D eigenvalue weighted by Gasteiger charge is -2.14. The Bertz CT molecular complexity index is 579. The van der Waals surface area contributed by atoms with Crippen LogP contribution in [0.5, 0.6) is 5.75 Å². The van der Waals surface area contributed by atoms with E-state index in [1.54, 1.807) is 0 Å². The Balaban J connectivity index is 1.63. The Labute approximate surface area is 127 Å². The minimum absolute atomic E-state index is 0.584. The van der Waals surface area contributed by atoms with Crippen LogP contribution in [0, 0.1) is 0 Å². The van der Waals surface area contributed by atoms with Gasteiger partial charge < -0.3 is 10.1 Å². The SMILES string of the molecule is C[C@@H]1CNCCc2cc(OCCc3ccccc3)ccc21. The summed E-state index contributed by atoms with van der Waals surface area (Å²) in [5.41, 5.74) is 4.23. The number of nitrogens with one attached hydrogen (secondary N) is 1. The summed E-state index contributed by atoms with van der Waals surface area (Å²) in [6.45, 7) is 5.15. The molecule has 1 aliphatic heterocycles. The molecular formula is C19H23NO. The van der Waals surface area contributed by atoms with Crippen LogP contribution in [-0.4, -0.2) is 19.7 Å². The Morgan fingerprint density at radius 3 is 2.86 bits per heavy atom. The Morgan fingerprint density at radius 1 is 1.14 bits per heavy atom. The van der Waals surface area contributed by atoms with Crippen LogP contribution in [-0.2, 0) is 12.8 Å². The number of hydrogen-bond acceptors (Lipinski definition) is 2. The highest BCUT2D eigenvalue weighted by molar-refractivity contribution is 5.38. The van der Waals surface area contributed by atoms with E-state index in [2.05, 4.69) is 54.7 Å². The van der Waals surface area contributed by atoms with E-state index >= 15 is 0 Å². The summed E-state index contributed by atoms with van der Waals surface area (Å²) in [6, 6.07) is 17.1. The van der Waals surface area contributed by atoms with Gasteiger partial charge in [0.2, 0.25) is 0 Å². The molecule has 0 amide bonds. The predicted octanol–water partition coefficient (Wildman–Crippen LogP) is 3.56. The van der Waals surface area contributed by atoms with E-state index < -0.39 is 0 Å². The first-order valence-electron chi connectivity index (χ1n) is 7.83. The van der Waals surface area contributed by atoms with Crippen molar-refractivity contribution in [2.24, 2.45) is 0 Å². The largest absolute Gasteiger partial charge is 0.493 e. The van der Waals surface area contributed by atoms with Gasteiger partial charge in [0.05, 0.1) is 6.61 Å². The molecule has 0 saturated heterocycles. The van der Waals surface area contributed by atoms with E-state index in [1.165, 1.54) is 16.7 Å². The van der Waals surface area contributed by atoms with Crippen LogP contribution in [0.15, 0.2) is 48.5 Å². The predicted molar refractivity (Wildman–Crippen MR) is 87.1 cm³/mol. The smallest absolute Gasteiger partial charge is 0.119 e. The normalized spacial score (nSPS) is 17.9. The number of hydrogen-bond donors (Lipinski definition) is 1. The molecule has 3 rings (SSSR count). The average Bonchev–Trinajstić information content (AvgIpc) is 2.70. The van der Waals surface area contributed by atoms with Gasteiger partial charge in [-0.3, -0.25) is 0 Å². The summed E-state index contributed by atoms with van der Waals surface area (Å²) < 4.78 is 5.93. The third-order valence-corrected chi connectivity index (χ3v) is 4.17. The average molecular weight is 281 g/mol. The van der Waals surface area contributed by atoms with E-state index in [0.717, 1.165) is 38.3 Å². The molecule has 1 heterocycles. The maximum absolute atomic E-state index is 5.93. The molecule has 1 N–H and O–H groups in total.